The second kappa shape index (κ2) is 8.07. The molecule has 100 valence electrons. The van der Waals surface area contributed by atoms with Gasteiger partial charge in [0.2, 0.25) is 5.91 Å². The smallest absolute Gasteiger partial charge is 0.233 e. The first-order chi connectivity index (χ1) is 8.67. The van der Waals surface area contributed by atoms with E-state index in [1.54, 1.807) is 12.1 Å². The van der Waals surface area contributed by atoms with Crippen LogP contribution in [0.5, 0.6) is 0 Å². The average molecular weight is 273 g/mol. The number of halogens is 1. The van der Waals surface area contributed by atoms with Crippen LogP contribution in [0.3, 0.4) is 0 Å². The molecule has 1 amide bonds. The molecule has 0 saturated heterocycles. The maximum atomic E-state index is 12.7. The molecule has 4 nitrogen and oxygen atoms in total. The number of amides is 1. The Kier molecular flexibility index (Phi) is 6.70. The van der Waals surface area contributed by atoms with E-state index in [1.807, 2.05) is 0 Å². The Morgan fingerprint density at radius 1 is 1.17 bits per heavy atom. The molecule has 0 saturated carbocycles. The Balaban J connectivity index is 2.45. The fourth-order valence-corrected chi connectivity index (χ4v) is 2.17. The molecule has 6 heteroatoms. The summed E-state index contributed by atoms with van der Waals surface area (Å²) in [5.74, 6) is -0.272. The molecule has 0 aliphatic rings. The lowest BCUT2D eigenvalue weighted by atomic mass is 10.4. The SMILES string of the molecule is O=C(CSc1ccc(F)cc1)N(CCO)CCO. The molecule has 0 unspecified atom stereocenters. The minimum atomic E-state index is -0.312. The normalized spacial score (nSPS) is 10.4. The van der Waals surface area contributed by atoms with Gasteiger partial charge in [0.25, 0.3) is 0 Å². The number of thioether (sulfide) groups is 1. The van der Waals surface area contributed by atoms with Crippen molar-refractivity contribution in [2.45, 2.75) is 4.90 Å². The standard InChI is InChI=1S/C12H16FNO3S/c13-10-1-3-11(4-2-10)18-9-12(17)14(5-7-15)6-8-16/h1-4,15-16H,5-9H2. The van der Waals surface area contributed by atoms with E-state index in [1.165, 1.54) is 28.8 Å². The Hall–Kier alpha value is -1.11. The summed E-state index contributed by atoms with van der Waals surface area (Å²) in [6, 6.07) is 5.89. The van der Waals surface area contributed by atoms with Gasteiger partial charge in [-0.15, -0.1) is 11.8 Å². The van der Waals surface area contributed by atoms with E-state index in [9.17, 15) is 9.18 Å². The molecular formula is C12H16FNO3S. The van der Waals surface area contributed by atoms with Gasteiger partial charge in [-0.1, -0.05) is 0 Å². The largest absolute Gasteiger partial charge is 0.395 e. The number of benzene rings is 1. The zero-order valence-electron chi connectivity index (χ0n) is 9.88. The highest BCUT2D eigenvalue weighted by molar-refractivity contribution is 8.00. The molecular weight excluding hydrogens is 257 g/mol. The van der Waals surface area contributed by atoms with E-state index in [0.29, 0.717) is 0 Å². The molecule has 18 heavy (non-hydrogen) atoms. The molecule has 0 spiro atoms. The van der Waals surface area contributed by atoms with Crippen molar-refractivity contribution in [1.82, 2.24) is 4.90 Å². The number of hydrogen-bond donors (Lipinski definition) is 2. The zero-order chi connectivity index (χ0) is 13.4. The van der Waals surface area contributed by atoms with Crippen LogP contribution in [-0.4, -0.2) is 53.1 Å². The van der Waals surface area contributed by atoms with Gasteiger partial charge < -0.3 is 15.1 Å². The van der Waals surface area contributed by atoms with Gasteiger partial charge in [-0.05, 0) is 24.3 Å². The van der Waals surface area contributed by atoms with E-state index in [2.05, 4.69) is 0 Å². The van der Waals surface area contributed by atoms with Gasteiger partial charge in [0, 0.05) is 18.0 Å². The molecule has 0 aliphatic carbocycles. The summed E-state index contributed by atoms with van der Waals surface area (Å²) < 4.78 is 12.7. The molecule has 0 heterocycles. The van der Waals surface area contributed by atoms with Crippen molar-refractivity contribution in [2.24, 2.45) is 0 Å². The Labute approximate surface area is 109 Å². The molecule has 0 aromatic heterocycles. The summed E-state index contributed by atoms with van der Waals surface area (Å²) in [6.45, 7) is 0.159. The number of carbonyl (C=O) groups is 1. The summed E-state index contributed by atoms with van der Waals surface area (Å²) in [4.78, 5) is 14.0. The third-order valence-electron chi connectivity index (χ3n) is 2.27. The van der Waals surface area contributed by atoms with Crippen LogP contribution in [0.25, 0.3) is 0 Å². The lowest BCUT2D eigenvalue weighted by Crippen LogP contribution is -2.37. The average Bonchev–Trinajstić information content (AvgIpc) is 2.37. The van der Waals surface area contributed by atoms with E-state index in [-0.39, 0.29) is 43.8 Å². The molecule has 0 fully saturated rings. The summed E-state index contributed by atoms with van der Waals surface area (Å²) >= 11 is 1.30. The third kappa shape index (κ3) is 5.03. The minimum Gasteiger partial charge on any atom is -0.395 e. The summed E-state index contributed by atoms with van der Waals surface area (Å²) in [5, 5.41) is 17.6. The van der Waals surface area contributed by atoms with Crippen LogP contribution in [-0.2, 0) is 4.79 Å². The number of aliphatic hydroxyl groups is 2. The van der Waals surface area contributed by atoms with E-state index >= 15 is 0 Å². The highest BCUT2D eigenvalue weighted by Gasteiger charge is 2.12. The van der Waals surface area contributed by atoms with Gasteiger partial charge in [-0.25, -0.2) is 4.39 Å². The lowest BCUT2D eigenvalue weighted by Gasteiger charge is -2.20. The first kappa shape index (κ1) is 14.9. The highest BCUT2D eigenvalue weighted by Crippen LogP contribution is 2.18. The molecule has 0 bridgehead atoms. The van der Waals surface area contributed by atoms with Crippen molar-refractivity contribution in [3.05, 3.63) is 30.1 Å². The third-order valence-corrected chi connectivity index (χ3v) is 3.27. The monoisotopic (exact) mass is 273 g/mol. The Morgan fingerprint density at radius 3 is 2.22 bits per heavy atom. The number of hydrogen-bond acceptors (Lipinski definition) is 4. The van der Waals surface area contributed by atoms with Crippen LogP contribution < -0.4 is 0 Å². The fourth-order valence-electron chi connectivity index (χ4n) is 1.37. The van der Waals surface area contributed by atoms with Crippen LogP contribution in [0.4, 0.5) is 4.39 Å². The number of carbonyl (C=O) groups excluding carboxylic acids is 1. The van der Waals surface area contributed by atoms with E-state index < -0.39 is 0 Å². The lowest BCUT2D eigenvalue weighted by molar-refractivity contribution is -0.129. The predicted octanol–water partition coefficient (Wildman–Crippen LogP) is 0.731. The van der Waals surface area contributed by atoms with Gasteiger partial charge in [0.15, 0.2) is 0 Å². The maximum Gasteiger partial charge on any atom is 0.233 e. The second-order valence-corrected chi connectivity index (χ2v) is 4.62. The van der Waals surface area contributed by atoms with Crippen LogP contribution in [0, 0.1) is 5.82 Å². The molecule has 0 radical (unpaired) electrons. The first-order valence-corrected chi connectivity index (χ1v) is 6.53. The minimum absolute atomic E-state index is 0.132. The van der Waals surface area contributed by atoms with Crippen molar-refractivity contribution in [2.75, 3.05) is 32.1 Å². The second-order valence-electron chi connectivity index (χ2n) is 3.57. The summed E-state index contributed by atoms with van der Waals surface area (Å²) in [6.07, 6.45) is 0. The van der Waals surface area contributed by atoms with Crippen molar-refractivity contribution in [3.63, 3.8) is 0 Å². The van der Waals surface area contributed by atoms with Gasteiger partial charge in [0.05, 0.1) is 19.0 Å². The van der Waals surface area contributed by atoms with Crippen LogP contribution in [0.1, 0.15) is 0 Å². The summed E-state index contributed by atoms with van der Waals surface area (Å²) in [7, 11) is 0. The van der Waals surface area contributed by atoms with Gasteiger partial charge in [-0.3, -0.25) is 4.79 Å². The number of aliphatic hydroxyl groups excluding tert-OH is 2. The molecule has 1 aromatic rings. The molecule has 1 aromatic carbocycles. The van der Waals surface area contributed by atoms with E-state index in [4.69, 9.17) is 10.2 Å². The Bertz CT molecular complexity index is 366. The van der Waals surface area contributed by atoms with Crippen LogP contribution in [0.15, 0.2) is 29.2 Å². The van der Waals surface area contributed by atoms with Crippen molar-refractivity contribution in [3.8, 4) is 0 Å². The molecule has 0 aliphatic heterocycles. The molecule has 1 rings (SSSR count). The van der Waals surface area contributed by atoms with Gasteiger partial charge in [0.1, 0.15) is 5.82 Å². The quantitative estimate of drug-likeness (QED) is 0.719. The number of nitrogens with zero attached hydrogens (tertiary/aromatic N) is 1. The Morgan fingerprint density at radius 2 is 1.72 bits per heavy atom. The first-order valence-electron chi connectivity index (χ1n) is 5.55. The van der Waals surface area contributed by atoms with Gasteiger partial charge >= 0.3 is 0 Å². The topological polar surface area (TPSA) is 60.8 Å². The maximum absolute atomic E-state index is 12.7. The highest BCUT2D eigenvalue weighted by atomic mass is 32.2. The fraction of sp³-hybridized carbons (Fsp3) is 0.417. The van der Waals surface area contributed by atoms with Crippen molar-refractivity contribution in [1.29, 1.82) is 0 Å². The van der Waals surface area contributed by atoms with Crippen molar-refractivity contribution >= 4 is 17.7 Å². The molecule has 0 atom stereocenters. The molecule has 2 N–H and O–H groups in total. The zero-order valence-corrected chi connectivity index (χ0v) is 10.7. The summed E-state index contributed by atoms with van der Waals surface area (Å²) in [5.41, 5.74) is 0. The number of rotatable bonds is 7. The van der Waals surface area contributed by atoms with Gasteiger partial charge in [-0.2, -0.15) is 0 Å². The predicted molar refractivity (Wildman–Crippen MR) is 67.9 cm³/mol. The van der Waals surface area contributed by atoms with Crippen LogP contribution in [0.2, 0.25) is 0 Å². The van der Waals surface area contributed by atoms with E-state index in [0.717, 1.165) is 4.90 Å². The van der Waals surface area contributed by atoms with Crippen molar-refractivity contribution < 1.29 is 19.4 Å². The van der Waals surface area contributed by atoms with Crippen LogP contribution >= 0.6 is 11.8 Å².